The summed E-state index contributed by atoms with van der Waals surface area (Å²) < 4.78 is 38.5. The highest BCUT2D eigenvalue weighted by atomic mass is 19.4. The smallest absolute Gasteiger partial charge is 0.334 e. The SMILES string of the molecule is Cc1ccc(-c2ncccn2)c(C(=O)N2C[C@@H](C)CC[C@H]2CCc2ccc(C(F)(F)F)cn2)n1. The Morgan fingerprint density at radius 2 is 1.85 bits per heavy atom. The number of nitrogens with zero attached hydrogens (tertiary/aromatic N) is 5. The summed E-state index contributed by atoms with van der Waals surface area (Å²) in [5.74, 6) is 0.600. The number of piperidine rings is 1. The second kappa shape index (κ2) is 9.87. The molecule has 0 aliphatic carbocycles. The van der Waals surface area contributed by atoms with E-state index in [0.29, 0.717) is 48.1 Å². The van der Waals surface area contributed by atoms with Gasteiger partial charge >= 0.3 is 6.18 Å². The molecule has 0 bridgehead atoms. The molecular formula is C25H26F3N5O. The number of pyridine rings is 2. The zero-order valence-electron chi connectivity index (χ0n) is 19.1. The Morgan fingerprint density at radius 3 is 2.53 bits per heavy atom. The quantitative estimate of drug-likeness (QED) is 0.518. The predicted octanol–water partition coefficient (Wildman–Crippen LogP) is 5.13. The van der Waals surface area contributed by atoms with Gasteiger partial charge in [0.15, 0.2) is 5.82 Å². The van der Waals surface area contributed by atoms with E-state index in [2.05, 4.69) is 26.9 Å². The van der Waals surface area contributed by atoms with E-state index in [1.807, 2.05) is 24.0 Å². The van der Waals surface area contributed by atoms with Crippen molar-refractivity contribution in [1.29, 1.82) is 0 Å². The number of likely N-dealkylation sites (tertiary alicyclic amines) is 1. The van der Waals surface area contributed by atoms with Crippen LogP contribution in [0.25, 0.3) is 11.4 Å². The van der Waals surface area contributed by atoms with Gasteiger partial charge in [0.2, 0.25) is 0 Å². The fourth-order valence-corrected chi connectivity index (χ4v) is 4.29. The highest BCUT2D eigenvalue weighted by Crippen LogP contribution is 2.30. The van der Waals surface area contributed by atoms with Crippen LogP contribution in [0.2, 0.25) is 0 Å². The van der Waals surface area contributed by atoms with Crippen molar-refractivity contribution in [3.63, 3.8) is 0 Å². The first kappa shape index (κ1) is 23.8. The van der Waals surface area contributed by atoms with E-state index in [4.69, 9.17) is 0 Å². The number of amides is 1. The van der Waals surface area contributed by atoms with Gasteiger partial charge in [-0.25, -0.2) is 15.0 Å². The van der Waals surface area contributed by atoms with Gasteiger partial charge in [-0.15, -0.1) is 0 Å². The zero-order chi connectivity index (χ0) is 24.3. The lowest BCUT2D eigenvalue weighted by molar-refractivity contribution is -0.137. The largest absolute Gasteiger partial charge is 0.417 e. The summed E-state index contributed by atoms with van der Waals surface area (Å²) in [6, 6.07) is 7.77. The van der Waals surface area contributed by atoms with E-state index in [-0.39, 0.29) is 11.9 Å². The molecule has 178 valence electrons. The summed E-state index contributed by atoms with van der Waals surface area (Å²) in [6.45, 7) is 4.53. The van der Waals surface area contributed by atoms with Crippen molar-refractivity contribution >= 4 is 5.91 Å². The van der Waals surface area contributed by atoms with Crippen molar-refractivity contribution in [3.8, 4) is 11.4 Å². The molecule has 0 spiro atoms. The van der Waals surface area contributed by atoms with Gasteiger partial charge in [-0.2, -0.15) is 13.2 Å². The first-order chi connectivity index (χ1) is 16.2. The number of rotatable bonds is 5. The van der Waals surface area contributed by atoms with Crippen LogP contribution < -0.4 is 0 Å². The molecule has 3 aromatic rings. The number of hydrogen-bond donors (Lipinski definition) is 0. The molecule has 1 aliphatic rings. The van der Waals surface area contributed by atoms with E-state index in [1.54, 1.807) is 18.5 Å². The Morgan fingerprint density at radius 1 is 1.09 bits per heavy atom. The summed E-state index contributed by atoms with van der Waals surface area (Å²) in [5, 5.41) is 0. The van der Waals surface area contributed by atoms with Crippen molar-refractivity contribution in [2.75, 3.05) is 6.54 Å². The fraction of sp³-hybridized carbons (Fsp3) is 0.400. The maximum atomic E-state index is 13.7. The van der Waals surface area contributed by atoms with E-state index >= 15 is 0 Å². The lowest BCUT2D eigenvalue weighted by atomic mass is 9.90. The van der Waals surface area contributed by atoms with Crippen LogP contribution in [-0.4, -0.2) is 43.3 Å². The van der Waals surface area contributed by atoms with Crippen LogP contribution in [0, 0.1) is 12.8 Å². The van der Waals surface area contributed by atoms with Gasteiger partial charge in [0.1, 0.15) is 5.69 Å². The van der Waals surface area contributed by atoms with Crippen LogP contribution in [0.3, 0.4) is 0 Å². The molecule has 4 rings (SSSR count). The average molecular weight is 470 g/mol. The van der Waals surface area contributed by atoms with Crippen LogP contribution in [0.15, 0.2) is 48.9 Å². The fourth-order valence-electron chi connectivity index (χ4n) is 4.29. The molecule has 0 unspecified atom stereocenters. The van der Waals surface area contributed by atoms with Crippen LogP contribution >= 0.6 is 0 Å². The lowest BCUT2D eigenvalue weighted by Crippen LogP contribution is -2.47. The summed E-state index contributed by atoms with van der Waals surface area (Å²) in [6.07, 6.45) is 2.59. The van der Waals surface area contributed by atoms with Gasteiger partial charge in [-0.3, -0.25) is 9.78 Å². The topological polar surface area (TPSA) is 71.9 Å². The van der Waals surface area contributed by atoms with Crippen molar-refractivity contribution in [3.05, 3.63) is 71.6 Å². The van der Waals surface area contributed by atoms with E-state index in [1.165, 1.54) is 6.07 Å². The second-order valence-corrected chi connectivity index (χ2v) is 8.79. The number of carbonyl (C=O) groups excluding carboxylic acids is 1. The highest BCUT2D eigenvalue weighted by Gasteiger charge is 2.33. The summed E-state index contributed by atoms with van der Waals surface area (Å²) in [7, 11) is 0. The van der Waals surface area contributed by atoms with Crippen molar-refractivity contribution in [1.82, 2.24) is 24.8 Å². The molecule has 4 heterocycles. The number of carbonyl (C=O) groups is 1. The molecule has 0 aromatic carbocycles. The Kier molecular flexibility index (Phi) is 6.90. The van der Waals surface area contributed by atoms with Gasteiger partial charge in [0.05, 0.1) is 11.1 Å². The summed E-state index contributed by atoms with van der Waals surface area (Å²) in [5.41, 5.74) is 1.43. The van der Waals surface area contributed by atoms with Crippen molar-refractivity contribution in [2.45, 2.75) is 51.7 Å². The molecule has 1 saturated heterocycles. The standard InChI is InChI=1S/C25H26F3N5O/c1-16-4-9-20(10-8-19-7-6-18(14-31-19)25(26,27)28)33(15-16)24(34)22-21(11-5-17(2)32-22)23-29-12-3-13-30-23/h3,5-7,11-14,16,20H,4,8-10,15H2,1-2H3/t16-,20-/m0/s1. The lowest BCUT2D eigenvalue weighted by Gasteiger charge is -2.39. The Labute approximate surface area is 196 Å². The normalized spacial score (nSPS) is 18.7. The van der Waals surface area contributed by atoms with Crippen LogP contribution in [0.5, 0.6) is 0 Å². The molecule has 0 radical (unpaired) electrons. The first-order valence-corrected chi connectivity index (χ1v) is 11.3. The molecule has 1 aliphatic heterocycles. The molecule has 9 heteroatoms. The maximum Gasteiger partial charge on any atom is 0.417 e. The van der Waals surface area contributed by atoms with Crippen LogP contribution in [-0.2, 0) is 12.6 Å². The Hall–Kier alpha value is -3.36. The van der Waals surface area contributed by atoms with E-state index in [0.717, 1.165) is 30.8 Å². The van der Waals surface area contributed by atoms with Crippen molar-refractivity contribution < 1.29 is 18.0 Å². The van der Waals surface area contributed by atoms with Gasteiger partial charge in [0, 0.05) is 42.6 Å². The predicted molar refractivity (Wildman–Crippen MR) is 121 cm³/mol. The monoisotopic (exact) mass is 469 g/mol. The summed E-state index contributed by atoms with van der Waals surface area (Å²) in [4.78, 5) is 32.7. The van der Waals surface area contributed by atoms with Gasteiger partial charge < -0.3 is 4.90 Å². The van der Waals surface area contributed by atoms with E-state index < -0.39 is 11.7 Å². The minimum absolute atomic E-state index is 0.0559. The molecule has 0 saturated carbocycles. The number of hydrogen-bond acceptors (Lipinski definition) is 5. The molecule has 34 heavy (non-hydrogen) atoms. The third-order valence-electron chi connectivity index (χ3n) is 6.13. The average Bonchev–Trinajstić information content (AvgIpc) is 2.83. The molecular weight excluding hydrogens is 443 g/mol. The Balaban J connectivity index is 1.56. The molecule has 1 amide bonds. The number of halogens is 3. The molecule has 3 aromatic heterocycles. The minimum Gasteiger partial charge on any atom is -0.334 e. The number of aryl methyl sites for hydroxylation is 2. The van der Waals surface area contributed by atoms with Gasteiger partial charge in [-0.1, -0.05) is 6.92 Å². The maximum absolute atomic E-state index is 13.7. The molecule has 0 N–H and O–H groups in total. The Bertz CT molecular complexity index is 1140. The van der Waals surface area contributed by atoms with Gasteiger partial charge in [0.25, 0.3) is 5.91 Å². The van der Waals surface area contributed by atoms with Crippen molar-refractivity contribution in [2.24, 2.45) is 5.92 Å². The molecule has 2 atom stereocenters. The summed E-state index contributed by atoms with van der Waals surface area (Å²) >= 11 is 0. The second-order valence-electron chi connectivity index (χ2n) is 8.79. The third kappa shape index (κ3) is 5.40. The zero-order valence-corrected chi connectivity index (χ0v) is 19.1. The highest BCUT2D eigenvalue weighted by molar-refractivity contribution is 5.98. The molecule has 1 fully saturated rings. The number of aromatic nitrogens is 4. The van der Waals surface area contributed by atoms with E-state index in [9.17, 15) is 18.0 Å². The minimum atomic E-state index is -4.41. The third-order valence-corrected chi connectivity index (χ3v) is 6.13. The van der Waals surface area contributed by atoms with Crippen LogP contribution in [0.1, 0.15) is 53.6 Å². The van der Waals surface area contributed by atoms with Crippen LogP contribution in [0.4, 0.5) is 13.2 Å². The first-order valence-electron chi connectivity index (χ1n) is 11.3. The number of alkyl halides is 3. The molecule has 6 nitrogen and oxygen atoms in total. The van der Waals surface area contributed by atoms with Gasteiger partial charge in [-0.05, 0) is 68.9 Å².